The maximum Gasteiger partial charge on any atom is 0.260 e. The molecule has 0 aliphatic heterocycles. The molecule has 0 unspecified atom stereocenters. The van der Waals surface area contributed by atoms with Crippen LogP contribution in [0.3, 0.4) is 0 Å². The van der Waals surface area contributed by atoms with Gasteiger partial charge in [0.25, 0.3) is 5.22 Å². The fraction of sp³-hybridized carbons (Fsp3) is 0.0909. The number of aromatic nitrogens is 1. The van der Waals surface area contributed by atoms with Gasteiger partial charge in [-0.05, 0) is 36.9 Å². The van der Waals surface area contributed by atoms with E-state index in [1.807, 2.05) is 19.1 Å². The predicted molar refractivity (Wildman–Crippen MR) is 61.5 cm³/mol. The van der Waals surface area contributed by atoms with Gasteiger partial charge in [0.2, 0.25) is 0 Å². The van der Waals surface area contributed by atoms with Crippen LogP contribution in [0.1, 0.15) is 11.3 Å². The zero-order valence-electron chi connectivity index (χ0n) is 8.40. The lowest BCUT2D eigenvalue weighted by atomic mass is 10.2. The average Bonchev–Trinajstić information content (AvgIpc) is 2.64. The summed E-state index contributed by atoms with van der Waals surface area (Å²) in [4.78, 5) is 5.06. The topological polar surface area (TPSA) is 49.8 Å². The number of oxazole rings is 1. The van der Waals surface area contributed by atoms with Crippen LogP contribution in [0.2, 0.25) is 5.02 Å². The highest BCUT2D eigenvalue weighted by Gasteiger charge is 2.06. The highest BCUT2D eigenvalue weighted by atomic mass is 35.5. The van der Waals surface area contributed by atoms with Crippen molar-refractivity contribution in [3.63, 3.8) is 0 Å². The van der Waals surface area contributed by atoms with E-state index in [4.69, 9.17) is 21.3 Å². The van der Waals surface area contributed by atoms with Crippen molar-refractivity contribution in [2.45, 2.75) is 17.0 Å². The van der Waals surface area contributed by atoms with Crippen molar-refractivity contribution >= 4 is 23.4 Å². The van der Waals surface area contributed by atoms with Crippen LogP contribution >= 0.6 is 23.4 Å². The van der Waals surface area contributed by atoms with Crippen LogP contribution < -0.4 is 0 Å². The number of nitrogens with zero attached hydrogens (tertiary/aromatic N) is 2. The number of benzene rings is 1. The molecule has 0 radical (unpaired) electrons. The van der Waals surface area contributed by atoms with Crippen LogP contribution in [0.25, 0.3) is 0 Å². The minimum absolute atomic E-state index is 0.441. The number of nitriles is 1. The van der Waals surface area contributed by atoms with Gasteiger partial charge in [0.15, 0.2) is 0 Å². The number of aryl methyl sites for hydroxylation is 1. The van der Waals surface area contributed by atoms with Gasteiger partial charge in [-0.2, -0.15) is 5.26 Å². The maximum absolute atomic E-state index is 8.73. The first-order chi connectivity index (χ1) is 7.69. The Morgan fingerprint density at radius 2 is 2.31 bits per heavy atom. The largest absolute Gasteiger partial charge is 0.439 e. The third kappa shape index (κ3) is 2.38. The lowest BCUT2D eigenvalue weighted by Gasteiger charge is -1.99. The molecule has 0 aliphatic rings. The number of hydrogen-bond donors (Lipinski definition) is 0. The van der Waals surface area contributed by atoms with Crippen LogP contribution in [0.4, 0.5) is 0 Å². The molecule has 0 spiro atoms. The molecular weight excluding hydrogens is 244 g/mol. The van der Waals surface area contributed by atoms with E-state index in [-0.39, 0.29) is 0 Å². The first-order valence-corrected chi connectivity index (χ1v) is 5.68. The smallest absolute Gasteiger partial charge is 0.260 e. The summed E-state index contributed by atoms with van der Waals surface area (Å²) in [7, 11) is 0. The molecular formula is C11H7ClN2OS. The van der Waals surface area contributed by atoms with Gasteiger partial charge in [0, 0.05) is 4.90 Å². The van der Waals surface area contributed by atoms with Crippen molar-refractivity contribution in [2.75, 3.05) is 0 Å². The van der Waals surface area contributed by atoms with Crippen molar-refractivity contribution in [3.05, 3.63) is 40.7 Å². The molecule has 1 aromatic heterocycles. The molecule has 0 atom stereocenters. The van der Waals surface area contributed by atoms with Gasteiger partial charge in [-0.25, -0.2) is 4.98 Å². The molecule has 0 N–H and O–H groups in total. The van der Waals surface area contributed by atoms with Crippen molar-refractivity contribution in [1.29, 1.82) is 5.26 Å². The number of rotatable bonds is 2. The van der Waals surface area contributed by atoms with E-state index >= 15 is 0 Å². The molecule has 5 heteroatoms. The highest BCUT2D eigenvalue weighted by Crippen LogP contribution is 2.29. The lowest BCUT2D eigenvalue weighted by molar-refractivity contribution is 0.454. The zero-order chi connectivity index (χ0) is 11.5. The molecule has 80 valence electrons. The van der Waals surface area contributed by atoms with Crippen LogP contribution in [0.15, 0.2) is 39.0 Å². The minimum Gasteiger partial charge on any atom is -0.439 e. The molecule has 0 saturated heterocycles. The minimum atomic E-state index is 0.441. The summed E-state index contributed by atoms with van der Waals surface area (Å²) in [6.45, 7) is 1.86. The molecule has 3 nitrogen and oxygen atoms in total. The maximum atomic E-state index is 8.73. The molecule has 0 fully saturated rings. The van der Waals surface area contributed by atoms with Gasteiger partial charge >= 0.3 is 0 Å². The number of halogens is 1. The average molecular weight is 251 g/mol. The molecule has 2 rings (SSSR count). The van der Waals surface area contributed by atoms with Crippen LogP contribution in [-0.2, 0) is 0 Å². The van der Waals surface area contributed by atoms with E-state index in [1.165, 1.54) is 11.8 Å². The normalized spacial score (nSPS) is 10.1. The van der Waals surface area contributed by atoms with Crippen molar-refractivity contribution in [1.82, 2.24) is 4.98 Å². The Morgan fingerprint density at radius 3 is 2.88 bits per heavy atom. The summed E-state index contributed by atoms with van der Waals surface area (Å²) in [5.74, 6) is 0. The zero-order valence-corrected chi connectivity index (χ0v) is 9.97. The predicted octanol–water partition coefficient (Wildman–Crippen LogP) is 3.66. The fourth-order valence-corrected chi connectivity index (χ4v) is 2.22. The van der Waals surface area contributed by atoms with E-state index in [9.17, 15) is 0 Å². The first-order valence-electron chi connectivity index (χ1n) is 4.48. The molecule has 0 aliphatic carbocycles. The summed E-state index contributed by atoms with van der Waals surface area (Å²) >= 11 is 7.28. The molecule has 1 aromatic carbocycles. The van der Waals surface area contributed by atoms with E-state index in [0.29, 0.717) is 15.8 Å². The Balaban J connectivity index is 2.23. The molecule has 2 aromatic rings. The Morgan fingerprint density at radius 1 is 1.50 bits per heavy atom. The quantitative estimate of drug-likeness (QED) is 0.816. The summed E-state index contributed by atoms with van der Waals surface area (Å²) in [6, 6.07) is 7.23. The molecule has 0 bridgehead atoms. The summed E-state index contributed by atoms with van der Waals surface area (Å²) in [6.07, 6.45) is 1.59. The van der Waals surface area contributed by atoms with Gasteiger partial charge < -0.3 is 4.42 Å². The van der Waals surface area contributed by atoms with E-state index < -0.39 is 0 Å². The van der Waals surface area contributed by atoms with Crippen LogP contribution in [-0.4, -0.2) is 4.98 Å². The number of hydrogen-bond acceptors (Lipinski definition) is 4. The molecule has 1 heterocycles. The van der Waals surface area contributed by atoms with Gasteiger partial charge in [-0.1, -0.05) is 11.6 Å². The summed E-state index contributed by atoms with van der Waals surface area (Å²) in [5.41, 5.74) is 1.30. The van der Waals surface area contributed by atoms with Crippen molar-refractivity contribution in [3.8, 4) is 6.07 Å². The monoisotopic (exact) mass is 250 g/mol. The third-order valence-corrected chi connectivity index (χ3v) is 3.03. The van der Waals surface area contributed by atoms with Gasteiger partial charge in [0.05, 0.1) is 16.3 Å². The van der Waals surface area contributed by atoms with E-state index in [2.05, 4.69) is 4.98 Å². The van der Waals surface area contributed by atoms with Crippen LogP contribution in [0.5, 0.6) is 0 Å². The van der Waals surface area contributed by atoms with Crippen LogP contribution in [0, 0.1) is 18.3 Å². The standard InChI is InChI=1S/C11H7ClN2OS/c1-7-6-15-11(14-7)16-9-3-2-8(5-13)10(12)4-9/h2-4,6H,1H3. The second-order valence-corrected chi connectivity index (χ2v) is 4.54. The molecule has 0 amide bonds. The summed E-state index contributed by atoms with van der Waals surface area (Å²) < 4.78 is 5.21. The fourth-order valence-electron chi connectivity index (χ4n) is 1.13. The molecule has 16 heavy (non-hydrogen) atoms. The lowest BCUT2D eigenvalue weighted by Crippen LogP contribution is -1.79. The molecule has 0 saturated carbocycles. The van der Waals surface area contributed by atoms with Gasteiger partial charge in [-0.15, -0.1) is 0 Å². The first kappa shape index (κ1) is 11.1. The van der Waals surface area contributed by atoms with Crippen molar-refractivity contribution < 1.29 is 4.42 Å². The Labute approximate surface area is 102 Å². The third-order valence-electron chi connectivity index (χ3n) is 1.86. The SMILES string of the molecule is Cc1coc(Sc2ccc(C#N)c(Cl)c2)n1. The summed E-state index contributed by atoms with van der Waals surface area (Å²) in [5, 5.41) is 9.74. The van der Waals surface area contributed by atoms with Gasteiger partial charge in [-0.3, -0.25) is 0 Å². The second-order valence-electron chi connectivity index (χ2n) is 3.11. The Bertz CT molecular complexity index is 559. The highest BCUT2D eigenvalue weighted by molar-refractivity contribution is 7.99. The van der Waals surface area contributed by atoms with Gasteiger partial charge in [0.1, 0.15) is 12.3 Å². The Kier molecular flexibility index (Phi) is 3.18. The van der Waals surface area contributed by atoms with Crippen molar-refractivity contribution in [2.24, 2.45) is 0 Å². The van der Waals surface area contributed by atoms with E-state index in [0.717, 1.165) is 10.6 Å². The Hall–Kier alpha value is -1.44. The van der Waals surface area contributed by atoms with E-state index in [1.54, 1.807) is 18.4 Å². The second kappa shape index (κ2) is 4.60.